The topological polar surface area (TPSA) is 46.3 Å². The summed E-state index contributed by atoms with van der Waals surface area (Å²) in [6.07, 6.45) is 1.14. The Labute approximate surface area is 97.2 Å². The fraction of sp³-hybridized carbons (Fsp3) is 0.462. The summed E-state index contributed by atoms with van der Waals surface area (Å²) in [5.41, 5.74) is 8.06. The van der Waals surface area contributed by atoms with Crippen molar-refractivity contribution in [1.29, 1.82) is 0 Å². The highest BCUT2D eigenvalue weighted by Gasteiger charge is 2.11. The lowest BCUT2D eigenvalue weighted by atomic mass is 10.0. The molecule has 0 amide bonds. The van der Waals surface area contributed by atoms with Crippen LogP contribution in [0.25, 0.3) is 0 Å². The minimum Gasteiger partial charge on any atom is -0.378 e. The Morgan fingerprint density at radius 2 is 1.88 bits per heavy atom. The normalized spacial score (nSPS) is 12.2. The number of hydrogen-bond acceptors (Lipinski definition) is 3. The Morgan fingerprint density at radius 1 is 1.31 bits per heavy atom. The number of anilines is 1. The lowest BCUT2D eigenvalue weighted by Gasteiger charge is -2.14. The predicted molar refractivity (Wildman–Crippen MR) is 67.7 cm³/mol. The predicted octanol–water partition coefficient (Wildman–Crippen LogP) is 1.60. The van der Waals surface area contributed by atoms with Crippen LogP contribution in [-0.2, 0) is 11.2 Å². The number of nitrogens with two attached hydrogens (primary N) is 1. The first-order valence-corrected chi connectivity index (χ1v) is 5.59. The summed E-state index contributed by atoms with van der Waals surface area (Å²) in [6.45, 7) is 1.84. The lowest BCUT2D eigenvalue weighted by Crippen LogP contribution is -2.32. The Bertz CT molecular complexity index is 343. The number of benzene rings is 1. The molecule has 1 aromatic rings. The number of hydrogen-bond donors (Lipinski definition) is 1. The van der Waals surface area contributed by atoms with Gasteiger partial charge in [-0.3, -0.25) is 4.79 Å². The molecule has 0 fully saturated rings. The van der Waals surface area contributed by atoms with E-state index in [2.05, 4.69) is 0 Å². The van der Waals surface area contributed by atoms with Gasteiger partial charge in [0, 0.05) is 26.2 Å². The van der Waals surface area contributed by atoms with Crippen molar-refractivity contribution in [2.75, 3.05) is 19.0 Å². The van der Waals surface area contributed by atoms with Crippen LogP contribution in [0.5, 0.6) is 0 Å². The molecule has 88 valence electrons. The van der Waals surface area contributed by atoms with E-state index in [4.69, 9.17) is 5.73 Å². The van der Waals surface area contributed by atoms with Gasteiger partial charge in [0.25, 0.3) is 0 Å². The van der Waals surface area contributed by atoms with Crippen molar-refractivity contribution in [3.8, 4) is 0 Å². The highest BCUT2D eigenvalue weighted by Crippen LogP contribution is 2.13. The van der Waals surface area contributed by atoms with Gasteiger partial charge in [0.15, 0.2) is 0 Å². The number of Topliss-reactive ketones (excluding diaryl/α,β-unsaturated/α-hetero) is 1. The smallest absolute Gasteiger partial charge is 0.149 e. The van der Waals surface area contributed by atoms with E-state index in [-0.39, 0.29) is 11.8 Å². The Hall–Kier alpha value is -1.35. The fourth-order valence-electron chi connectivity index (χ4n) is 1.56. The van der Waals surface area contributed by atoms with Gasteiger partial charge in [-0.25, -0.2) is 0 Å². The van der Waals surface area contributed by atoms with E-state index in [9.17, 15) is 4.79 Å². The third-order valence-corrected chi connectivity index (χ3v) is 2.67. The van der Waals surface area contributed by atoms with Gasteiger partial charge in [0.05, 0.1) is 6.04 Å². The van der Waals surface area contributed by atoms with Crippen molar-refractivity contribution < 1.29 is 4.79 Å². The summed E-state index contributed by atoms with van der Waals surface area (Å²) in [5.74, 6) is 0.122. The SMILES string of the molecule is CCC(=O)C(N)Cc1ccc(N(C)C)cc1. The summed E-state index contributed by atoms with van der Waals surface area (Å²) < 4.78 is 0. The monoisotopic (exact) mass is 220 g/mol. The second-order valence-electron chi connectivity index (χ2n) is 4.19. The molecule has 0 bridgehead atoms. The van der Waals surface area contributed by atoms with Crippen molar-refractivity contribution in [3.63, 3.8) is 0 Å². The van der Waals surface area contributed by atoms with E-state index >= 15 is 0 Å². The molecule has 0 radical (unpaired) electrons. The van der Waals surface area contributed by atoms with Crippen LogP contribution in [-0.4, -0.2) is 25.9 Å². The summed E-state index contributed by atoms with van der Waals surface area (Å²) in [7, 11) is 4.00. The molecule has 1 aromatic carbocycles. The molecule has 0 spiro atoms. The summed E-state index contributed by atoms with van der Waals surface area (Å²) >= 11 is 0. The molecular weight excluding hydrogens is 200 g/mol. The van der Waals surface area contributed by atoms with Crippen molar-refractivity contribution in [1.82, 2.24) is 0 Å². The third kappa shape index (κ3) is 3.35. The van der Waals surface area contributed by atoms with E-state index < -0.39 is 0 Å². The van der Waals surface area contributed by atoms with E-state index in [0.717, 1.165) is 11.3 Å². The minimum absolute atomic E-state index is 0.122. The van der Waals surface area contributed by atoms with E-state index in [1.54, 1.807) is 0 Å². The molecule has 0 aliphatic rings. The quantitative estimate of drug-likeness (QED) is 0.820. The van der Waals surface area contributed by atoms with Gasteiger partial charge >= 0.3 is 0 Å². The Morgan fingerprint density at radius 3 is 2.31 bits per heavy atom. The Kier molecular flexibility index (Phi) is 4.50. The molecule has 0 heterocycles. The number of ketones is 1. The largest absolute Gasteiger partial charge is 0.378 e. The fourth-order valence-corrected chi connectivity index (χ4v) is 1.56. The molecule has 1 unspecified atom stereocenters. The van der Waals surface area contributed by atoms with Crippen LogP contribution < -0.4 is 10.6 Å². The number of carbonyl (C=O) groups is 1. The average molecular weight is 220 g/mol. The van der Waals surface area contributed by atoms with Gasteiger partial charge in [-0.05, 0) is 24.1 Å². The van der Waals surface area contributed by atoms with Crippen LogP contribution in [0.2, 0.25) is 0 Å². The second-order valence-corrected chi connectivity index (χ2v) is 4.19. The van der Waals surface area contributed by atoms with Crippen molar-refractivity contribution in [2.45, 2.75) is 25.8 Å². The summed E-state index contributed by atoms with van der Waals surface area (Å²) in [5, 5.41) is 0. The molecule has 0 saturated carbocycles. The van der Waals surface area contributed by atoms with Crippen LogP contribution in [0.3, 0.4) is 0 Å². The highest BCUT2D eigenvalue weighted by molar-refractivity contribution is 5.83. The second kappa shape index (κ2) is 5.66. The van der Waals surface area contributed by atoms with Crippen LogP contribution >= 0.6 is 0 Å². The summed E-state index contributed by atoms with van der Waals surface area (Å²) in [6, 6.07) is 7.77. The standard InChI is InChI=1S/C13H20N2O/c1-4-13(16)12(14)9-10-5-7-11(8-6-10)15(2)3/h5-8,12H,4,9,14H2,1-3H3. The first-order valence-electron chi connectivity index (χ1n) is 5.59. The van der Waals surface area contributed by atoms with Gasteiger partial charge in [0.1, 0.15) is 5.78 Å². The number of rotatable bonds is 5. The maximum absolute atomic E-state index is 11.4. The zero-order valence-electron chi connectivity index (χ0n) is 10.2. The zero-order chi connectivity index (χ0) is 12.1. The number of nitrogens with zero attached hydrogens (tertiary/aromatic N) is 1. The van der Waals surface area contributed by atoms with Crippen LogP contribution in [0, 0.1) is 0 Å². The van der Waals surface area contributed by atoms with Gasteiger partial charge in [-0.2, -0.15) is 0 Å². The molecular formula is C13H20N2O. The van der Waals surface area contributed by atoms with Gasteiger partial charge in [-0.15, -0.1) is 0 Å². The molecule has 0 aromatic heterocycles. The maximum Gasteiger partial charge on any atom is 0.149 e. The van der Waals surface area contributed by atoms with Crippen LogP contribution in [0.4, 0.5) is 5.69 Å². The molecule has 1 atom stereocenters. The molecule has 0 aliphatic carbocycles. The lowest BCUT2D eigenvalue weighted by molar-refractivity contribution is -0.119. The molecule has 2 N–H and O–H groups in total. The molecule has 1 rings (SSSR count). The number of carbonyl (C=O) groups excluding carboxylic acids is 1. The zero-order valence-corrected chi connectivity index (χ0v) is 10.2. The molecule has 16 heavy (non-hydrogen) atoms. The summed E-state index contributed by atoms with van der Waals surface area (Å²) in [4.78, 5) is 13.4. The van der Waals surface area contributed by atoms with Crippen molar-refractivity contribution >= 4 is 11.5 Å². The van der Waals surface area contributed by atoms with Gasteiger partial charge < -0.3 is 10.6 Å². The molecule has 3 nitrogen and oxygen atoms in total. The van der Waals surface area contributed by atoms with Crippen molar-refractivity contribution in [3.05, 3.63) is 29.8 Å². The average Bonchev–Trinajstić information content (AvgIpc) is 2.28. The third-order valence-electron chi connectivity index (χ3n) is 2.67. The first kappa shape index (κ1) is 12.7. The van der Waals surface area contributed by atoms with Crippen LogP contribution in [0.15, 0.2) is 24.3 Å². The van der Waals surface area contributed by atoms with E-state index in [0.29, 0.717) is 12.8 Å². The molecule has 0 saturated heterocycles. The van der Waals surface area contributed by atoms with Crippen molar-refractivity contribution in [2.24, 2.45) is 5.73 Å². The van der Waals surface area contributed by atoms with Crippen LogP contribution in [0.1, 0.15) is 18.9 Å². The highest BCUT2D eigenvalue weighted by atomic mass is 16.1. The van der Waals surface area contributed by atoms with Gasteiger partial charge in [0.2, 0.25) is 0 Å². The minimum atomic E-state index is -0.366. The molecule has 3 heteroatoms. The Balaban J connectivity index is 2.65. The van der Waals surface area contributed by atoms with E-state index in [1.807, 2.05) is 50.2 Å². The van der Waals surface area contributed by atoms with Gasteiger partial charge in [-0.1, -0.05) is 19.1 Å². The van der Waals surface area contributed by atoms with E-state index in [1.165, 1.54) is 0 Å². The molecule has 0 aliphatic heterocycles. The first-order chi connectivity index (χ1) is 7.54. The maximum atomic E-state index is 11.4.